The van der Waals surface area contributed by atoms with Gasteiger partial charge in [-0.1, -0.05) is 23.7 Å². The van der Waals surface area contributed by atoms with Crippen LogP contribution in [-0.2, 0) is 20.7 Å². The topological polar surface area (TPSA) is 94.5 Å². The van der Waals surface area contributed by atoms with E-state index in [-0.39, 0.29) is 36.2 Å². The molecule has 1 unspecified atom stereocenters. The second kappa shape index (κ2) is 15.0. The molecule has 0 spiro atoms. The number of amides is 1. The summed E-state index contributed by atoms with van der Waals surface area (Å²) in [5, 5.41) is 9.44. The van der Waals surface area contributed by atoms with Gasteiger partial charge in [-0.2, -0.15) is 39.5 Å². The van der Waals surface area contributed by atoms with Crippen LogP contribution in [0.1, 0.15) is 12.5 Å². The summed E-state index contributed by atoms with van der Waals surface area (Å²) >= 11 is 5.74. The van der Waals surface area contributed by atoms with Crippen LogP contribution in [0.4, 0.5) is 44.3 Å². The molecule has 0 radical (unpaired) electrons. The zero-order chi connectivity index (χ0) is 33.3. The zero-order valence-electron chi connectivity index (χ0n) is 22.6. The molecule has 2 aromatic rings. The molecule has 246 valence electrons. The predicted molar refractivity (Wildman–Crippen MR) is 135 cm³/mol. The number of carboxylic acids is 1. The molecule has 0 aliphatic heterocycles. The number of carbonyl (C=O) groups excluding carboxylic acids is 1. The van der Waals surface area contributed by atoms with Crippen LogP contribution in [-0.4, -0.2) is 85.2 Å². The highest BCUT2D eigenvalue weighted by Crippen LogP contribution is 2.53. The first-order chi connectivity index (χ1) is 20.3. The van der Waals surface area contributed by atoms with Crippen LogP contribution in [0, 0.1) is 0 Å². The Bertz CT molecular complexity index is 1230. The third kappa shape index (κ3) is 9.53. The lowest BCUT2D eigenvalue weighted by molar-refractivity contribution is -0.443. The second-order valence-corrected chi connectivity index (χ2v) is 9.24. The first-order valence-electron chi connectivity index (χ1n) is 12.4. The van der Waals surface area contributed by atoms with Crippen molar-refractivity contribution in [2.75, 3.05) is 32.9 Å². The molecule has 2 rings (SSSR count). The molecule has 0 fully saturated rings. The van der Waals surface area contributed by atoms with Crippen molar-refractivity contribution in [3.05, 3.63) is 59.1 Å². The van der Waals surface area contributed by atoms with Gasteiger partial charge in [-0.25, -0.2) is 9.59 Å². The molecule has 18 heteroatoms. The molecule has 0 aliphatic carbocycles. The number of hydrogen-bond acceptors (Lipinski definition) is 6. The number of alkyl halides is 9. The van der Waals surface area contributed by atoms with Gasteiger partial charge in [-0.3, -0.25) is 0 Å². The maximum atomic E-state index is 13.8. The van der Waals surface area contributed by atoms with E-state index in [0.29, 0.717) is 10.5 Å². The lowest BCUT2D eigenvalue weighted by Crippen LogP contribution is -2.62. The second-order valence-electron chi connectivity index (χ2n) is 8.80. The average molecular weight is 670 g/mol. The van der Waals surface area contributed by atoms with Crippen molar-refractivity contribution in [2.45, 2.75) is 43.6 Å². The van der Waals surface area contributed by atoms with E-state index in [4.69, 9.17) is 25.8 Å². The summed E-state index contributed by atoms with van der Waals surface area (Å²) in [6, 6.07) is 11.0. The molecule has 2 aromatic carbocycles. The molecule has 1 N–H and O–H groups in total. The first kappa shape index (κ1) is 36.8. The van der Waals surface area contributed by atoms with Crippen molar-refractivity contribution in [3.8, 4) is 11.5 Å². The Kier molecular flexibility index (Phi) is 12.6. The molecule has 0 saturated heterocycles. The van der Waals surface area contributed by atoms with E-state index >= 15 is 0 Å². The van der Waals surface area contributed by atoms with Gasteiger partial charge < -0.3 is 29.0 Å². The third-order valence-corrected chi connectivity index (χ3v) is 5.91. The van der Waals surface area contributed by atoms with Gasteiger partial charge in [0.2, 0.25) is 0 Å². The van der Waals surface area contributed by atoms with Crippen LogP contribution < -0.4 is 9.47 Å². The highest BCUT2D eigenvalue weighted by atomic mass is 35.5. The number of ether oxygens (including phenoxy) is 4. The SMILES string of the molecule is CCOC(Cc1ccc(OCCN(CCOC(F)(F)C(F)(F)C(F)(F)C(F)(F)F)C(=O)Oc2ccc(Cl)cc2)cc1)C(=O)O. The largest absolute Gasteiger partial charge is 0.492 e. The van der Waals surface area contributed by atoms with Crippen molar-refractivity contribution >= 4 is 23.7 Å². The molecule has 0 aromatic heterocycles. The van der Waals surface area contributed by atoms with Gasteiger partial charge in [0.15, 0.2) is 6.10 Å². The van der Waals surface area contributed by atoms with Crippen LogP contribution in [0.3, 0.4) is 0 Å². The fraction of sp³-hybridized carbons (Fsp3) is 0.462. The van der Waals surface area contributed by atoms with Crippen LogP contribution in [0.5, 0.6) is 11.5 Å². The average Bonchev–Trinajstić information content (AvgIpc) is 2.93. The van der Waals surface area contributed by atoms with Gasteiger partial charge in [-0.15, -0.1) is 0 Å². The third-order valence-electron chi connectivity index (χ3n) is 5.66. The van der Waals surface area contributed by atoms with Crippen molar-refractivity contribution in [1.82, 2.24) is 4.90 Å². The number of halogens is 10. The fourth-order valence-electron chi connectivity index (χ4n) is 3.33. The van der Waals surface area contributed by atoms with Gasteiger partial charge in [0.25, 0.3) is 0 Å². The van der Waals surface area contributed by atoms with E-state index < -0.39 is 62.0 Å². The number of nitrogens with zero attached hydrogens (tertiary/aromatic N) is 1. The van der Waals surface area contributed by atoms with Crippen molar-refractivity contribution in [3.63, 3.8) is 0 Å². The molecular formula is C26H25ClF9NO7. The Morgan fingerprint density at radius 3 is 1.91 bits per heavy atom. The van der Waals surface area contributed by atoms with Gasteiger partial charge >= 0.3 is 36.2 Å². The number of benzene rings is 2. The van der Waals surface area contributed by atoms with Gasteiger partial charge in [0.05, 0.1) is 13.2 Å². The summed E-state index contributed by atoms with van der Waals surface area (Å²) < 4.78 is 137. The van der Waals surface area contributed by atoms with E-state index in [1.807, 2.05) is 0 Å². The van der Waals surface area contributed by atoms with E-state index in [1.54, 1.807) is 6.92 Å². The lowest BCUT2D eigenvalue weighted by atomic mass is 10.1. The molecule has 8 nitrogen and oxygen atoms in total. The molecule has 1 atom stereocenters. The molecule has 44 heavy (non-hydrogen) atoms. The minimum absolute atomic E-state index is 0.0341. The van der Waals surface area contributed by atoms with Gasteiger partial charge in [0.1, 0.15) is 18.1 Å². The van der Waals surface area contributed by atoms with Crippen LogP contribution in [0.25, 0.3) is 0 Å². The van der Waals surface area contributed by atoms with Gasteiger partial charge in [0, 0.05) is 24.6 Å². The lowest BCUT2D eigenvalue weighted by Gasteiger charge is -2.33. The van der Waals surface area contributed by atoms with E-state index in [1.165, 1.54) is 48.5 Å². The summed E-state index contributed by atoms with van der Waals surface area (Å²) in [6.45, 7) is -1.74. The Hall–Kier alpha value is -3.44. The maximum Gasteiger partial charge on any atom is 0.460 e. The zero-order valence-corrected chi connectivity index (χ0v) is 23.3. The Morgan fingerprint density at radius 1 is 0.841 bits per heavy atom. The molecule has 0 heterocycles. The highest BCUT2D eigenvalue weighted by molar-refractivity contribution is 6.30. The molecule has 0 saturated carbocycles. The minimum atomic E-state index is -7.14. The molecular weight excluding hydrogens is 645 g/mol. The first-order valence-corrected chi connectivity index (χ1v) is 12.8. The quantitative estimate of drug-likeness (QED) is 0.199. The number of carbonyl (C=O) groups is 2. The molecule has 0 aliphatic rings. The monoisotopic (exact) mass is 669 g/mol. The van der Waals surface area contributed by atoms with Crippen molar-refractivity contribution in [2.24, 2.45) is 0 Å². The summed E-state index contributed by atoms with van der Waals surface area (Å²) in [6.07, 6.45) is -15.7. The number of carboxylic acid groups (broad SMARTS) is 1. The van der Waals surface area contributed by atoms with Crippen molar-refractivity contribution in [1.29, 1.82) is 0 Å². The minimum Gasteiger partial charge on any atom is -0.492 e. The van der Waals surface area contributed by atoms with Crippen LogP contribution in [0.2, 0.25) is 5.02 Å². The fourth-order valence-corrected chi connectivity index (χ4v) is 3.45. The highest BCUT2D eigenvalue weighted by Gasteiger charge is 2.82. The van der Waals surface area contributed by atoms with E-state index in [9.17, 15) is 54.2 Å². The standard InChI is InChI=1S/C26H25ClF9NO7/c1-2-41-20(21(38)39)15-16-3-7-18(8-4-16)42-13-11-37(22(40)44-19-9-5-17(27)6-10-19)12-14-43-26(35,36)24(30,31)23(28,29)25(32,33)34/h3-10,20H,2,11-15H2,1H3,(H,38,39). The van der Waals surface area contributed by atoms with E-state index in [2.05, 4.69) is 4.74 Å². The summed E-state index contributed by atoms with van der Waals surface area (Å²) in [7, 11) is 0. The normalized spacial score (nSPS) is 13.3. The summed E-state index contributed by atoms with van der Waals surface area (Å²) in [5.41, 5.74) is 0.567. The van der Waals surface area contributed by atoms with E-state index in [0.717, 1.165) is 0 Å². The summed E-state index contributed by atoms with van der Waals surface area (Å²) in [4.78, 5) is 24.5. The van der Waals surface area contributed by atoms with Crippen LogP contribution in [0.15, 0.2) is 48.5 Å². The number of aliphatic carboxylic acids is 1. The molecule has 0 bridgehead atoms. The predicted octanol–water partition coefficient (Wildman–Crippen LogP) is 6.69. The Balaban J connectivity index is 2.09. The summed E-state index contributed by atoms with van der Waals surface area (Å²) in [5.74, 6) is -15.2. The Morgan fingerprint density at radius 2 is 1.39 bits per heavy atom. The molecule has 1 amide bonds. The van der Waals surface area contributed by atoms with Crippen LogP contribution >= 0.6 is 11.6 Å². The van der Waals surface area contributed by atoms with Crippen molar-refractivity contribution < 1.29 is 73.2 Å². The number of hydrogen-bond donors (Lipinski definition) is 1. The smallest absolute Gasteiger partial charge is 0.460 e. The Labute approximate surface area is 249 Å². The number of rotatable bonds is 16. The maximum absolute atomic E-state index is 13.8. The van der Waals surface area contributed by atoms with Gasteiger partial charge in [-0.05, 0) is 48.9 Å².